The molecule has 4 aromatic rings. The number of hydrogen-bond donors (Lipinski definition) is 2. The van der Waals surface area contributed by atoms with Crippen molar-refractivity contribution in [2.45, 2.75) is 6.92 Å². The van der Waals surface area contributed by atoms with Gasteiger partial charge in [0.2, 0.25) is 0 Å². The number of imidazole rings is 1. The van der Waals surface area contributed by atoms with Crippen LogP contribution in [0.2, 0.25) is 0 Å². The van der Waals surface area contributed by atoms with E-state index in [1.807, 2.05) is 66.2 Å². The van der Waals surface area contributed by atoms with Gasteiger partial charge in [0, 0.05) is 35.2 Å². The lowest BCUT2D eigenvalue weighted by Crippen LogP contribution is -2.19. The minimum absolute atomic E-state index is 0.239. The molecule has 0 radical (unpaired) electrons. The maximum absolute atomic E-state index is 12.4. The summed E-state index contributed by atoms with van der Waals surface area (Å²) in [5.74, 6) is -0.239. The number of carbonyl (C=O) groups excluding carboxylic acids is 1. The molecule has 2 heterocycles. The van der Waals surface area contributed by atoms with E-state index >= 15 is 0 Å². The number of rotatable bonds is 4. The van der Waals surface area contributed by atoms with Gasteiger partial charge in [-0.05, 0) is 30.7 Å². The topological polar surface area (TPSA) is 75.1 Å². The number of para-hydroxylation sites is 1. The smallest absolute Gasteiger partial charge is 0.273 e. The van der Waals surface area contributed by atoms with E-state index in [1.165, 1.54) is 0 Å². The molecule has 0 spiro atoms. The normalized spacial score (nSPS) is 11.7. The fourth-order valence-electron chi connectivity index (χ4n) is 2.81. The largest absolute Gasteiger partial charge is 0.360 e. The van der Waals surface area contributed by atoms with Crippen LogP contribution in [0.5, 0.6) is 0 Å². The highest BCUT2D eigenvalue weighted by Crippen LogP contribution is 2.17. The van der Waals surface area contributed by atoms with Gasteiger partial charge in [0.25, 0.3) is 5.91 Å². The number of aromatic amines is 1. The van der Waals surface area contributed by atoms with Crippen molar-refractivity contribution in [2.75, 3.05) is 0 Å². The quantitative estimate of drug-likeness (QED) is 0.439. The third-order valence-electron chi connectivity index (χ3n) is 4.25. The van der Waals surface area contributed by atoms with Crippen LogP contribution in [-0.4, -0.2) is 26.2 Å². The molecular formula is C20H17N5O. The highest BCUT2D eigenvalue weighted by molar-refractivity contribution is 6.07. The first-order chi connectivity index (χ1) is 12.7. The van der Waals surface area contributed by atoms with E-state index in [-0.39, 0.29) is 5.91 Å². The van der Waals surface area contributed by atoms with Crippen LogP contribution in [0.15, 0.2) is 78.6 Å². The van der Waals surface area contributed by atoms with E-state index in [4.69, 9.17) is 0 Å². The first-order valence-corrected chi connectivity index (χ1v) is 8.22. The fourth-order valence-corrected chi connectivity index (χ4v) is 2.81. The zero-order valence-corrected chi connectivity index (χ0v) is 14.2. The van der Waals surface area contributed by atoms with E-state index in [2.05, 4.69) is 20.5 Å². The Labute approximate surface area is 150 Å². The molecule has 2 N–H and O–H groups in total. The van der Waals surface area contributed by atoms with Gasteiger partial charge in [-0.25, -0.2) is 10.4 Å². The van der Waals surface area contributed by atoms with Crippen molar-refractivity contribution in [1.82, 2.24) is 20.0 Å². The Bertz CT molecular complexity index is 1080. The van der Waals surface area contributed by atoms with Crippen LogP contribution in [0.1, 0.15) is 22.8 Å². The number of nitrogens with one attached hydrogen (secondary N) is 2. The summed E-state index contributed by atoms with van der Waals surface area (Å²) in [5.41, 5.74) is 6.82. The minimum Gasteiger partial charge on any atom is -0.360 e. The summed E-state index contributed by atoms with van der Waals surface area (Å²) in [6, 6.07) is 15.6. The van der Waals surface area contributed by atoms with Crippen molar-refractivity contribution in [1.29, 1.82) is 0 Å². The van der Waals surface area contributed by atoms with Crippen LogP contribution in [0.25, 0.3) is 16.6 Å². The summed E-state index contributed by atoms with van der Waals surface area (Å²) in [6.45, 7) is 1.86. The standard InChI is InChI=1S/C20H17N5O/c1-14(15-6-8-16(9-7-15)25-11-10-21-13-25)23-24-20(26)18-12-22-19-5-3-2-4-17(18)19/h2-13,22H,1H3,(H,24,26)/b23-14-. The van der Waals surface area contributed by atoms with Crippen molar-refractivity contribution in [3.63, 3.8) is 0 Å². The van der Waals surface area contributed by atoms with Gasteiger partial charge in [-0.3, -0.25) is 4.79 Å². The lowest BCUT2D eigenvalue weighted by Gasteiger charge is -2.05. The van der Waals surface area contributed by atoms with Gasteiger partial charge in [0.1, 0.15) is 0 Å². The summed E-state index contributed by atoms with van der Waals surface area (Å²) >= 11 is 0. The van der Waals surface area contributed by atoms with Crippen LogP contribution < -0.4 is 5.43 Å². The second kappa shape index (κ2) is 6.68. The van der Waals surface area contributed by atoms with E-state index < -0.39 is 0 Å². The Morgan fingerprint density at radius 3 is 2.73 bits per heavy atom. The number of fused-ring (bicyclic) bond motifs is 1. The van der Waals surface area contributed by atoms with E-state index in [0.717, 1.165) is 27.9 Å². The number of benzene rings is 2. The minimum atomic E-state index is -0.239. The second-order valence-corrected chi connectivity index (χ2v) is 5.90. The van der Waals surface area contributed by atoms with Crippen LogP contribution in [-0.2, 0) is 0 Å². The maximum atomic E-state index is 12.4. The van der Waals surface area contributed by atoms with Crippen molar-refractivity contribution in [2.24, 2.45) is 5.10 Å². The number of H-pyrrole nitrogens is 1. The van der Waals surface area contributed by atoms with Crippen molar-refractivity contribution in [3.05, 3.63) is 84.6 Å². The summed E-state index contributed by atoms with van der Waals surface area (Å²) in [5, 5.41) is 5.11. The number of hydrazone groups is 1. The molecule has 0 saturated heterocycles. The Morgan fingerprint density at radius 2 is 1.96 bits per heavy atom. The molecule has 0 unspecified atom stereocenters. The highest BCUT2D eigenvalue weighted by atomic mass is 16.2. The molecule has 4 rings (SSSR count). The number of carbonyl (C=O) groups is 1. The predicted octanol–water partition coefficient (Wildman–Crippen LogP) is 3.51. The Balaban J connectivity index is 1.50. The monoisotopic (exact) mass is 343 g/mol. The second-order valence-electron chi connectivity index (χ2n) is 5.90. The van der Waals surface area contributed by atoms with Crippen molar-refractivity contribution >= 4 is 22.5 Å². The molecule has 6 nitrogen and oxygen atoms in total. The Morgan fingerprint density at radius 1 is 1.15 bits per heavy atom. The summed E-state index contributed by atoms with van der Waals surface area (Å²) in [4.78, 5) is 19.5. The van der Waals surface area contributed by atoms with E-state index in [0.29, 0.717) is 5.56 Å². The first kappa shape index (κ1) is 15.8. The molecule has 128 valence electrons. The molecule has 6 heteroatoms. The van der Waals surface area contributed by atoms with Gasteiger partial charge in [0.05, 0.1) is 17.6 Å². The maximum Gasteiger partial charge on any atom is 0.273 e. The molecule has 2 aromatic heterocycles. The zero-order chi connectivity index (χ0) is 17.9. The lowest BCUT2D eigenvalue weighted by atomic mass is 10.1. The zero-order valence-electron chi connectivity index (χ0n) is 14.2. The van der Waals surface area contributed by atoms with Crippen LogP contribution in [0.3, 0.4) is 0 Å². The van der Waals surface area contributed by atoms with Crippen LogP contribution in [0.4, 0.5) is 0 Å². The Hall–Kier alpha value is -3.67. The molecule has 0 bridgehead atoms. The number of aromatic nitrogens is 3. The fraction of sp³-hybridized carbons (Fsp3) is 0.0500. The summed E-state index contributed by atoms with van der Waals surface area (Å²) in [6.07, 6.45) is 7.07. The Kier molecular flexibility index (Phi) is 4.07. The molecule has 1 amide bonds. The van der Waals surface area contributed by atoms with Crippen molar-refractivity contribution < 1.29 is 4.79 Å². The number of amides is 1. The third kappa shape index (κ3) is 3.00. The number of hydrogen-bond acceptors (Lipinski definition) is 3. The average molecular weight is 343 g/mol. The molecular weight excluding hydrogens is 326 g/mol. The average Bonchev–Trinajstić information content (AvgIpc) is 3.36. The first-order valence-electron chi connectivity index (χ1n) is 8.22. The van der Waals surface area contributed by atoms with Gasteiger partial charge in [0.15, 0.2) is 0 Å². The molecule has 0 aliphatic heterocycles. The van der Waals surface area contributed by atoms with Gasteiger partial charge in [-0.15, -0.1) is 0 Å². The summed E-state index contributed by atoms with van der Waals surface area (Å²) in [7, 11) is 0. The number of nitrogens with zero attached hydrogens (tertiary/aromatic N) is 3. The van der Waals surface area contributed by atoms with Gasteiger partial charge in [-0.2, -0.15) is 5.10 Å². The molecule has 0 saturated carbocycles. The SMILES string of the molecule is C/C(=N/NC(=O)c1c[nH]c2ccccc12)c1ccc(-n2ccnc2)cc1. The third-order valence-corrected chi connectivity index (χ3v) is 4.25. The van der Waals surface area contributed by atoms with Crippen LogP contribution >= 0.6 is 0 Å². The predicted molar refractivity (Wildman–Crippen MR) is 102 cm³/mol. The molecule has 26 heavy (non-hydrogen) atoms. The molecule has 0 aliphatic rings. The van der Waals surface area contributed by atoms with Gasteiger partial charge in [-0.1, -0.05) is 30.3 Å². The van der Waals surface area contributed by atoms with E-state index in [9.17, 15) is 4.79 Å². The van der Waals surface area contributed by atoms with Crippen molar-refractivity contribution in [3.8, 4) is 5.69 Å². The van der Waals surface area contributed by atoms with Gasteiger partial charge < -0.3 is 9.55 Å². The summed E-state index contributed by atoms with van der Waals surface area (Å²) < 4.78 is 1.93. The van der Waals surface area contributed by atoms with E-state index in [1.54, 1.807) is 18.7 Å². The molecule has 0 atom stereocenters. The highest BCUT2D eigenvalue weighted by Gasteiger charge is 2.11. The molecule has 0 aliphatic carbocycles. The van der Waals surface area contributed by atoms with Gasteiger partial charge >= 0.3 is 0 Å². The van der Waals surface area contributed by atoms with Crippen LogP contribution in [0, 0.1) is 0 Å². The molecule has 2 aromatic carbocycles. The lowest BCUT2D eigenvalue weighted by molar-refractivity contribution is 0.0956. The molecule has 0 fully saturated rings.